The molecule has 0 fully saturated rings. The second-order valence-corrected chi connectivity index (χ2v) is 5.36. The number of allylic oxidation sites excluding steroid dienone is 4. The molecule has 0 saturated heterocycles. The van der Waals surface area contributed by atoms with Gasteiger partial charge in [0.2, 0.25) is 0 Å². The molecule has 28 heavy (non-hydrogen) atoms. The lowest BCUT2D eigenvalue weighted by atomic mass is 9.73. The maximum atomic E-state index is 14.0. The van der Waals surface area contributed by atoms with Gasteiger partial charge >= 0.3 is 12.4 Å². The van der Waals surface area contributed by atoms with E-state index in [2.05, 4.69) is 0 Å². The molecule has 0 bridgehead atoms. The Bertz CT molecular complexity index is 871. The summed E-state index contributed by atoms with van der Waals surface area (Å²) in [5.41, 5.74) is -11.1. The maximum absolute atomic E-state index is 14.0. The highest BCUT2D eigenvalue weighted by atomic mass is 19.4. The topological polar surface area (TPSA) is 0 Å². The van der Waals surface area contributed by atoms with Crippen molar-refractivity contribution in [3.05, 3.63) is 52.4 Å². The van der Waals surface area contributed by atoms with E-state index in [1.165, 1.54) is 0 Å². The van der Waals surface area contributed by atoms with E-state index in [-0.39, 0.29) is 0 Å². The van der Waals surface area contributed by atoms with Crippen molar-refractivity contribution in [3.8, 4) is 0 Å². The van der Waals surface area contributed by atoms with Crippen LogP contribution in [0.25, 0.3) is 5.57 Å². The standard InChI is InChI=1S/C14H2F14/c15-3-1-2(5(16)9(20)6(3)17)4-7(18)10(21)12(13(23,24)25,14(26,27)28)11(22)8(4)19/h1,10H. The first-order chi connectivity index (χ1) is 12.5. The average Bonchev–Trinajstić information content (AvgIpc) is 2.53. The monoisotopic (exact) mass is 436 g/mol. The normalized spacial score (nSPS) is 20.9. The van der Waals surface area contributed by atoms with Crippen molar-refractivity contribution in [1.82, 2.24) is 0 Å². The van der Waals surface area contributed by atoms with Crippen molar-refractivity contribution in [2.45, 2.75) is 18.5 Å². The van der Waals surface area contributed by atoms with Gasteiger partial charge in [0.15, 0.2) is 41.1 Å². The van der Waals surface area contributed by atoms with Crippen LogP contribution in [0.2, 0.25) is 0 Å². The van der Waals surface area contributed by atoms with Crippen LogP contribution in [0.5, 0.6) is 0 Å². The van der Waals surface area contributed by atoms with Crippen LogP contribution in [-0.4, -0.2) is 18.5 Å². The molecule has 0 aromatic heterocycles. The zero-order chi connectivity index (χ0) is 22.0. The molecule has 0 amide bonds. The number of hydrogen-bond donors (Lipinski definition) is 0. The van der Waals surface area contributed by atoms with Gasteiger partial charge in [0, 0.05) is 5.56 Å². The zero-order valence-electron chi connectivity index (χ0n) is 12.4. The Morgan fingerprint density at radius 1 is 0.714 bits per heavy atom. The summed E-state index contributed by atoms with van der Waals surface area (Å²) in [4.78, 5) is 0. The van der Waals surface area contributed by atoms with Gasteiger partial charge in [0.25, 0.3) is 5.41 Å². The Morgan fingerprint density at radius 3 is 1.61 bits per heavy atom. The molecule has 0 spiro atoms. The lowest BCUT2D eigenvalue weighted by Gasteiger charge is -2.40. The van der Waals surface area contributed by atoms with Gasteiger partial charge in [-0.2, -0.15) is 26.3 Å². The number of rotatable bonds is 1. The third-order valence-corrected chi connectivity index (χ3v) is 3.87. The van der Waals surface area contributed by atoms with Gasteiger partial charge in [0.05, 0.1) is 5.57 Å². The van der Waals surface area contributed by atoms with Crippen molar-refractivity contribution in [2.75, 3.05) is 0 Å². The molecule has 156 valence electrons. The first-order valence-electron chi connectivity index (χ1n) is 6.58. The van der Waals surface area contributed by atoms with E-state index in [0.717, 1.165) is 0 Å². The highest BCUT2D eigenvalue weighted by Crippen LogP contribution is 2.64. The van der Waals surface area contributed by atoms with E-state index >= 15 is 0 Å². The Balaban J connectivity index is 2.94. The van der Waals surface area contributed by atoms with E-state index in [4.69, 9.17) is 0 Å². The summed E-state index contributed by atoms with van der Waals surface area (Å²) in [5, 5.41) is 0. The molecule has 0 nitrogen and oxygen atoms in total. The summed E-state index contributed by atoms with van der Waals surface area (Å²) >= 11 is 0. The number of hydrogen-bond acceptors (Lipinski definition) is 0. The van der Waals surface area contributed by atoms with Crippen LogP contribution in [0.15, 0.2) is 23.5 Å². The molecule has 14 heteroatoms. The quantitative estimate of drug-likeness (QED) is 0.267. The van der Waals surface area contributed by atoms with E-state index in [9.17, 15) is 61.5 Å². The summed E-state index contributed by atoms with van der Waals surface area (Å²) < 4.78 is 186. The van der Waals surface area contributed by atoms with Crippen molar-refractivity contribution in [1.29, 1.82) is 0 Å². The SMILES string of the molecule is FC1=C(F)C(C(F)(F)F)(C(F)(F)F)C(F)C(F)=C1c1cc(F)c(F)c(F)c1F. The molecule has 1 aliphatic rings. The van der Waals surface area contributed by atoms with Crippen LogP contribution in [0, 0.1) is 28.7 Å². The van der Waals surface area contributed by atoms with Crippen molar-refractivity contribution >= 4 is 5.57 Å². The zero-order valence-corrected chi connectivity index (χ0v) is 12.4. The Labute approximate surface area is 144 Å². The van der Waals surface area contributed by atoms with Crippen molar-refractivity contribution < 1.29 is 61.5 Å². The fourth-order valence-electron chi connectivity index (χ4n) is 2.51. The Kier molecular flexibility index (Phi) is 5.01. The van der Waals surface area contributed by atoms with Crippen LogP contribution >= 0.6 is 0 Å². The highest BCUT2D eigenvalue weighted by Gasteiger charge is 2.81. The van der Waals surface area contributed by atoms with Crippen LogP contribution in [0.3, 0.4) is 0 Å². The second-order valence-electron chi connectivity index (χ2n) is 5.36. The first kappa shape index (κ1) is 22.0. The van der Waals surface area contributed by atoms with E-state index in [1.807, 2.05) is 0 Å². The highest BCUT2D eigenvalue weighted by molar-refractivity contribution is 5.82. The van der Waals surface area contributed by atoms with E-state index < -0.39 is 81.9 Å². The molecule has 1 unspecified atom stereocenters. The van der Waals surface area contributed by atoms with Gasteiger partial charge in [-0.15, -0.1) is 0 Å². The van der Waals surface area contributed by atoms with Crippen LogP contribution < -0.4 is 0 Å². The molecular weight excluding hydrogens is 434 g/mol. The summed E-state index contributed by atoms with van der Waals surface area (Å²) in [6.07, 6.45) is -19.0. The predicted octanol–water partition coefficient (Wildman–Crippen LogP) is 6.54. The van der Waals surface area contributed by atoms with Crippen molar-refractivity contribution in [2.24, 2.45) is 5.41 Å². The molecule has 0 aliphatic heterocycles. The van der Waals surface area contributed by atoms with Crippen molar-refractivity contribution in [3.63, 3.8) is 0 Å². The van der Waals surface area contributed by atoms with Gasteiger partial charge in [0.1, 0.15) is 5.83 Å². The molecule has 0 heterocycles. The lowest BCUT2D eigenvalue weighted by Crippen LogP contribution is -2.58. The minimum Gasteiger partial charge on any atom is -0.238 e. The first-order valence-corrected chi connectivity index (χ1v) is 6.58. The molecular formula is C14H2F14. The van der Waals surface area contributed by atoms with Crippen LogP contribution in [0.1, 0.15) is 5.56 Å². The molecule has 0 N–H and O–H groups in total. The van der Waals surface area contributed by atoms with Gasteiger partial charge < -0.3 is 0 Å². The number of benzene rings is 1. The van der Waals surface area contributed by atoms with Gasteiger partial charge in [-0.3, -0.25) is 0 Å². The van der Waals surface area contributed by atoms with E-state index in [0.29, 0.717) is 0 Å². The molecule has 1 aliphatic carbocycles. The molecule has 1 aromatic carbocycles. The summed E-state index contributed by atoms with van der Waals surface area (Å²) in [5.74, 6) is -21.2. The molecule has 1 aromatic rings. The largest absolute Gasteiger partial charge is 0.412 e. The smallest absolute Gasteiger partial charge is 0.238 e. The third kappa shape index (κ3) is 2.67. The Hall–Kier alpha value is -2.28. The minimum atomic E-state index is -6.98. The maximum Gasteiger partial charge on any atom is 0.412 e. The van der Waals surface area contributed by atoms with E-state index in [1.54, 1.807) is 0 Å². The van der Waals surface area contributed by atoms with Gasteiger partial charge in [-0.05, 0) is 6.07 Å². The summed E-state index contributed by atoms with van der Waals surface area (Å²) in [6.45, 7) is 0. The fraction of sp³-hybridized carbons (Fsp3) is 0.286. The summed E-state index contributed by atoms with van der Waals surface area (Å²) in [7, 11) is 0. The van der Waals surface area contributed by atoms with Crippen LogP contribution in [-0.2, 0) is 0 Å². The molecule has 0 radical (unpaired) electrons. The molecule has 1 atom stereocenters. The minimum absolute atomic E-state index is 0.601. The van der Waals surface area contributed by atoms with Gasteiger partial charge in [-0.1, -0.05) is 0 Å². The third-order valence-electron chi connectivity index (χ3n) is 3.87. The Morgan fingerprint density at radius 2 is 1.18 bits per heavy atom. The predicted molar refractivity (Wildman–Crippen MR) is 63.0 cm³/mol. The average molecular weight is 436 g/mol. The van der Waals surface area contributed by atoms with Gasteiger partial charge in [-0.25, -0.2) is 35.1 Å². The molecule has 2 rings (SSSR count). The fourth-order valence-corrected chi connectivity index (χ4v) is 2.51. The number of alkyl halides is 7. The number of halogens is 14. The lowest BCUT2D eigenvalue weighted by molar-refractivity contribution is -0.346. The van der Waals surface area contributed by atoms with Crippen LogP contribution in [0.4, 0.5) is 61.5 Å². The molecule has 0 saturated carbocycles. The second kappa shape index (κ2) is 6.37. The summed E-state index contributed by atoms with van der Waals surface area (Å²) in [6, 6.07) is -0.601.